The van der Waals surface area contributed by atoms with Gasteiger partial charge in [0.2, 0.25) is 0 Å². The smallest absolute Gasteiger partial charge is 0.155 e. The summed E-state index contributed by atoms with van der Waals surface area (Å²) in [5, 5.41) is 2.81. The van der Waals surface area contributed by atoms with Crippen LogP contribution < -0.4 is 5.32 Å². The first kappa shape index (κ1) is 11.0. The maximum Gasteiger partial charge on any atom is 0.155 e. The van der Waals surface area contributed by atoms with Gasteiger partial charge in [-0.15, -0.1) is 0 Å². The molecule has 2 unspecified atom stereocenters. The molecule has 1 aliphatic rings. The molecule has 0 bridgehead atoms. The van der Waals surface area contributed by atoms with Crippen LogP contribution in [0.15, 0.2) is 0 Å². The van der Waals surface area contributed by atoms with Crippen LogP contribution in [0.4, 0.5) is 0 Å². The second-order valence-corrected chi connectivity index (χ2v) is 6.85. The Morgan fingerprint density at radius 3 is 2.31 bits per heavy atom. The number of hydrogen-bond donors (Lipinski definition) is 1. The fraction of sp³-hybridized carbons (Fsp3) is 1.00. The van der Waals surface area contributed by atoms with Gasteiger partial charge in [0.05, 0.1) is 10.5 Å². The van der Waals surface area contributed by atoms with Crippen molar-refractivity contribution < 1.29 is 8.42 Å². The number of sulfone groups is 1. The van der Waals surface area contributed by atoms with Crippen LogP contribution in [0.2, 0.25) is 0 Å². The zero-order chi connectivity index (χ0) is 10.1. The fourth-order valence-electron chi connectivity index (χ4n) is 1.89. The minimum Gasteiger partial charge on any atom is -0.317 e. The maximum absolute atomic E-state index is 11.8. The normalized spacial score (nSPS) is 29.8. The van der Waals surface area contributed by atoms with E-state index in [0.29, 0.717) is 6.04 Å². The molecule has 1 fully saturated rings. The molecular formula is C9H19NO2S. The third kappa shape index (κ3) is 2.23. The van der Waals surface area contributed by atoms with Crippen molar-refractivity contribution in [2.45, 2.75) is 49.7 Å². The highest BCUT2D eigenvalue weighted by atomic mass is 32.2. The Morgan fingerprint density at radius 2 is 1.92 bits per heavy atom. The molecule has 0 aliphatic heterocycles. The van der Waals surface area contributed by atoms with Crippen molar-refractivity contribution in [2.24, 2.45) is 0 Å². The summed E-state index contributed by atoms with van der Waals surface area (Å²) in [7, 11) is -0.962. The zero-order valence-corrected chi connectivity index (χ0v) is 9.39. The van der Waals surface area contributed by atoms with Crippen molar-refractivity contribution in [3.05, 3.63) is 0 Å². The first-order chi connectivity index (χ1) is 5.98. The molecule has 4 heteroatoms. The Morgan fingerprint density at radius 1 is 1.31 bits per heavy atom. The molecule has 2 atom stereocenters. The maximum atomic E-state index is 11.8. The monoisotopic (exact) mass is 205 g/mol. The van der Waals surface area contributed by atoms with Crippen molar-refractivity contribution in [3.63, 3.8) is 0 Å². The van der Waals surface area contributed by atoms with Crippen LogP contribution in [-0.2, 0) is 9.84 Å². The average Bonchev–Trinajstić information content (AvgIpc) is 2.51. The van der Waals surface area contributed by atoms with Crippen LogP contribution in [0.25, 0.3) is 0 Å². The summed E-state index contributed by atoms with van der Waals surface area (Å²) in [4.78, 5) is 0. The zero-order valence-electron chi connectivity index (χ0n) is 8.58. The summed E-state index contributed by atoms with van der Waals surface area (Å²) in [6, 6.07) is 0.401. The molecule has 0 saturated heterocycles. The van der Waals surface area contributed by atoms with Gasteiger partial charge in [0, 0.05) is 6.04 Å². The molecule has 1 N–H and O–H groups in total. The summed E-state index contributed by atoms with van der Waals surface area (Å²) in [5.74, 6) is 0. The van der Waals surface area contributed by atoms with Gasteiger partial charge in [-0.25, -0.2) is 8.42 Å². The van der Waals surface area contributed by atoms with E-state index in [9.17, 15) is 8.42 Å². The van der Waals surface area contributed by atoms with Gasteiger partial charge in [0.15, 0.2) is 9.84 Å². The fourth-order valence-corrected chi connectivity index (χ4v) is 3.62. The SMILES string of the molecule is CNC1CCC(S(=O)(=O)C(C)C)C1. The van der Waals surface area contributed by atoms with Gasteiger partial charge in [0.25, 0.3) is 0 Å². The topological polar surface area (TPSA) is 46.2 Å². The third-order valence-corrected chi connectivity index (χ3v) is 5.59. The molecule has 0 amide bonds. The molecule has 78 valence electrons. The van der Waals surface area contributed by atoms with Crippen LogP contribution in [0.5, 0.6) is 0 Å². The van der Waals surface area contributed by atoms with E-state index in [2.05, 4.69) is 5.32 Å². The number of hydrogen-bond acceptors (Lipinski definition) is 3. The molecule has 1 saturated carbocycles. The molecule has 0 aromatic carbocycles. The molecule has 3 nitrogen and oxygen atoms in total. The summed E-state index contributed by atoms with van der Waals surface area (Å²) in [6.07, 6.45) is 2.61. The van der Waals surface area contributed by atoms with E-state index < -0.39 is 9.84 Å². The summed E-state index contributed by atoms with van der Waals surface area (Å²) < 4.78 is 23.5. The van der Waals surface area contributed by atoms with E-state index in [1.165, 1.54) is 0 Å². The van der Waals surface area contributed by atoms with E-state index in [0.717, 1.165) is 19.3 Å². The van der Waals surface area contributed by atoms with E-state index >= 15 is 0 Å². The predicted octanol–water partition coefficient (Wildman–Crippen LogP) is 0.950. The van der Waals surface area contributed by atoms with Crippen LogP contribution in [0.1, 0.15) is 33.1 Å². The number of nitrogens with one attached hydrogen (secondary N) is 1. The summed E-state index contributed by atoms with van der Waals surface area (Å²) in [5.41, 5.74) is 0. The van der Waals surface area contributed by atoms with E-state index in [-0.39, 0.29) is 10.5 Å². The minimum atomic E-state index is -2.86. The van der Waals surface area contributed by atoms with Crippen LogP contribution in [0, 0.1) is 0 Å². The lowest BCUT2D eigenvalue weighted by Crippen LogP contribution is -2.29. The third-order valence-electron chi connectivity index (χ3n) is 2.91. The van der Waals surface area contributed by atoms with E-state index in [4.69, 9.17) is 0 Å². The van der Waals surface area contributed by atoms with Gasteiger partial charge in [-0.3, -0.25) is 0 Å². The lowest BCUT2D eigenvalue weighted by atomic mass is 10.3. The van der Waals surface area contributed by atoms with Crippen LogP contribution >= 0.6 is 0 Å². The molecule has 13 heavy (non-hydrogen) atoms. The molecular weight excluding hydrogens is 186 g/mol. The quantitative estimate of drug-likeness (QED) is 0.746. The predicted molar refractivity (Wildman–Crippen MR) is 54.5 cm³/mol. The summed E-state index contributed by atoms with van der Waals surface area (Å²) >= 11 is 0. The van der Waals surface area contributed by atoms with E-state index in [1.807, 2.05) is 7.05 Å². The van der Waals surface area contributed by atoms with Crippen LogP contribution in [0.3, 0.4) is 0 Å². The highest BCUT2D eigenvalue weighted by molar-refractivity contribution is 7.92. The molecule has 1 aliphatic carbocycles. The first-order valence-electron chi connectivity index (χ1n) is 4.88. The Balaban J connectivity index is 2.66. The lowest BCUT2D eigenvalue weighted by Gasteiger charge is -2.14. The second-order valence-electron chi connectivity index (χ2n) is 4.06. The van der Waals surface area contributed by atoms with Gasteiger partial charge >= 0.3 is 0 Å². The van der Waals surface area contributed by atoms with Gasteiger partial charge in [-0.2, -0.15) is 0 Å². The Labute approximate surface area is 80.8 Å². The largest absolute Gasteiger partial charge is 0.317 e. The van der Waals surface area contributed by atoms with Crippen LogP contribution in [-0.4, -0.2) is 32.0 Å². The van der Waals surface area contributed by atoms with Gasteiger partial charge in [-0.05, 0) is 40.2 Å². The van der Waals surface area contributed by atoms with Crippen molar-refractivity contribution in [1.29, 1.82) is 0 Å². The minimum absolute atomic E-state index is 0.107. The van der Waals surface area contributed by atoms with Gasteiger partial charge in [0.1, 0.15) is 0 Å². The van der Waals surface area contributed by atoms with Gasteiger partial charge < -0.3 is 5.32 Å². The first-order valence-corrected chi connectivity index (χ1v) is 6.49. The van der Waals surface area contributed by atoms with Crippen molar-refractivity contribution in [3.8, 4) is 0 Å². The molecule has 0 aromatic rings. The Bertz CT molecular complexity index is 259. The number of rotatable bonds is 3. The summed E-state index contributed by atoms with van der Waals surface area (Å²) in [6.45, 7) is 3.53. The molecule has 1 rings (SSSR count). The van der Waals surface area contributed by atoms with Gasteiger partial charge in [-0.1, -0.05) is 0 Å². The average molecular weight is 205 g/mol. The lowest BCUT2D eigenvalue weighted by molar-refractivity contribution is 0.558. The van der Waals surface area contributed by atoms with Crippen molar-refractivity contribution >= 4 is 9.84 Å². The molecule has 0 aromatic heterocycles. The standard InChI is InChI=1S/C9H19NO2S/c1-7(2)13(11,12)9-5-4-8(6-9)10-3/h7-10H,4-6H2,1-3H3. The molecule has 0 spiro atoms. The molecule has 0 radical (unpaired) electrons. The second kappa shape index (κ2) is 3.96. The Hall–Kier alpha value is -0.0900. The highest BCUT2D eigenvalue weighted by Gasteiger charge is 2.35. The Kier molecular flexibility index (Phi) is 3.35. The molecule has 0 heterocycles. The highest BCUT2D eigenvalue weighted by Crippen LogP contribution is 2.27. The van der Waals surface area contributed by atoms with Crippen molar-refractivity contribution in [1.82, 2.24) is 5.32 Å². The van der Waals surface area contributed by atoms with E-state index in [1.54, 1.807) is 13.8 Å². The van der Waals surface area contributed by atoms with Crippen molar-refractivity contribution in [2.75, 3.05) is 7.05 Å².